The van der Waals surface area contributed by atoms with E-state index in [0.29, 0.717) is 0 Å². The van der Waals surface area contributed by atoms with Gasteiger partial charge in [-0.25, -0.2) is 0 Å². The van der Waals surface area contributed by atoms with E-state index < -0.39 is 0 Å². The minimum absolute atomic E-state index is 0.873. The molecule has 0 amide bonds. The Bertz CT molecular complexity index is 203. The van der Waals surface area contributed by atoms with Crippen LogP contribution in [-0.2, 0) is 7.05 Å². The third kappa shape index (κ3) is 0.882. The molecule has 0 radical (unpaired) electrons. The summed E-state index contributed by atoms with van der Waals surface area (Å²) in [6.07, 6.45) is 1.69. The number of rotatable bonds is 1. The average molecular weight is 126 g/mol. The van der Waals surface area contributed by atoms with Crippen LogP contribution in [0.1, 0.15) is 5.69 Å². The first-order valence-electron chi connectivity index (χ1n) is 2.71. The van der Waals surface area contributed by atoms with Gasteiger partial charge in [0.15, 0.2) is 0 Å². The van der Waals surface area contributed by atoms with Gasteiger partial charge in [0.2, 0.25) is 0 Å². The summed E-state index contributed by atoms with van der Waals surface area (Å²) in [4.78, 5) is 0. The fourth-order valence-corrected chi connectivity index (χ4v) is 0.640. The zero-order chi connectivity index (χ0) is 6.85. The molecule has 0 fully saturated rings. The molecule has 0 bridgehead atoms. The molecule has 50 valence electrons. The first-order chi connectivity index (χ1) is 4.25. The van der Waals surface area contributed by atoms with Crippen LogP contribution in [0, 0.1) is 6.92 Å². The number of aromatic nitrogens is 2. The van der Waals surface area contributed by atoms with Crippen LogP contribution in [-0.4, -0.2) is 9.78 Å². The van der Waals surface area contributed by atoms with E-state index in [4.69, 9.17) is 5.84 Å². The topological polar surface area (TPSA) is 55.9 Å². The zero-order valence-corrected chi connectivity index (χ0v) is 5.55. The highest BCUT2D eigenvalue weighted by Crippen LogP contribution is 2.08. The molecule has 1 aromatic heterocycles. The van der Waals surface area contributed by atoms with E-state index in [9.17, 15) is 0 Å². The Hall–Kier alpha value is -1.03. The molecule has 4 nitrogen and oxygen atoms in total. The molecule has 3 N–H and O–H groups in total. The van der Waals surface area contributed by atoms with Crippen molar-refractivity contribution in [2.45, 2.75) is 6.92 Å². The van der Waals surface area contributed by atoms with Gasteiger partial charge in [-0.1, -0.05) is 0 Å². The molecule has 9 heavy (non-hydrogen) atoms. The molecule has 1 rings (SSSR count). The summed E-state index contributed by atoms with van der Waals surface area (Å²) in [6.45, 7) is 1.95. The van der Waals surface area contributed by atoms with E-state index in [1.165, 1.54) is 0 Å². The maximum atomic E-state index is 5.16. The molecule has 0 spiro atoms. The number of nitrogens with zero attached hydrogens (tertiary/aromatic N) is 2. The lowest BCUT2D eigenvalue weighted by Crippen LogP contribution is -2.07. The van der Waals surface area contributed by atoms with Crippen LogP contribution in [0.15, 0.2) is 6.20 Å². The average Bonchev–Trinajstić information content (AvgIpc) is 2.15. The van der Waals surface area contributed by atoms with Crippen molar-refractivity contribution in [3.05, 3.63) is 11.9 Å². The van der Waals surface area contributed by atoms with Gasteiger partial charge < -0.3 is 5.43 Å². The molecule has 0 aliphatic rings. The molecule has 0 unspecified atom stereocenters. The first kappa shape index (κ1) is 6.10. The van der Waals surface area contributed by atoms with E-state index in [0.717, 1.165) is 11.4 Å². The van der Waals surface area contributed by atoms with E-state index in [1.807, 2.05) is 14.0 Å². The molecular formula is C5H10N4. The molecule has 0 aromatic carbocycles. The lowest BCUT2D eigenvalue weighted by atomic mass is 10.4. The molecular weight excluding hydrogens is 116 g/mol. The van der Waals surface area contributed by atoms with Crippen LogP contribution in [0.5, 0.6) is 0 Å². The number of hydrazine groups is 1. The number of anilines is 1. The van der Waals surface area contributed by atoms with Crippen LogP contribution in [0.25, 0.3) is 0 Å². The Labute approximate surface area is 53.6 Å². The van der Waals surface area contributed by atoms with Crippen molar-refractivity contribution in [1.82, 2.24) is 9.78 Å². The van der Waals surface area contributed by atoms with Crippen molar-refractivity contribution in [2.75, 3.05) is 5.43 Å². The maximum absolute atomic E-state index is 5.16. The van der Waals surface area contributed by atoms with Gasteiger partial charge in [-0.2, -0.15) is 5.10 Å². The molecule has 0 saturated heterocycles. The molecule has 0 saturated carbocycles. The Morgan fingerprint density at radius 1 is 1.78 bits per heavy atom. The number of aryl methyl sites for hydroxylation is 1. The van der Waals surface area contributed by atoms with E-state index >= 15 is 0 Å². The normalized spacial score (nSPS) is 9.67. The molecule has 0 aliphatic carbocycles. The van der Waals surface area contributed by atoms with Crippen LogP contribution >= 0.6 is 0 Å². The molecule has 1 heterocycles. The highest BCUT2D eigenvalue weighted by molar-refractivity contribution is 5.43. The van der Waals surface area contributed by atoms with Gasteiger partial charge in [-0.3, -0.25) is 10.5 Å². The van der Waals surface area contributed by atoms with Crippen molar-refractivity contribution in [3.8, 4) is 0 Å². The van der Waals surface area contributed by atoms with Crippen molar-refractivity contribution in [1.29, 1.82) is 0 Å². The fraction of sp³-hybridized carbons (Fsp3) is 0.400. The molecule has 0 atom stereocenters. The SMILES string of the molecule is Cc1c(NN)cnn1C. The summed E-state index contributed by atoms with van der Waals surface area (Å²) in [5.74, 6) is 5.16. The standard InChI is InChI=1S/C5H10N4/c1-4-5(8-6)3-7-9(4)2/h3,8H,6H2,1-2H3. The van der Waals surface area contributed by atoms with Crippen molar-refractivity contribution in [3.63, 3.8) is 0 Å². The second-order valence-corrected chi connectivity index (χ2v) is 1.91. The predicted octanol–water partition coefficient (Wildman–Crippen LogP) is 0.0141. The van der Waals surface area contributed by atoms with Gasteiger partial charge in [0.25, 0.3) is 0 Å². The Morgan fingerprint density at radius 2 is 2.44 bits per heavy atom. The highest BCUT2D eigenvalue weighted by Gasteiger charge is 1.98. The van der Waals surface area contributed by atoms with E-state index in [-0.39, 0.29) is 0 Å². The summed E-state index contributed by atoms with van der Waals surface area (Å²) < 4.78 is 1.76. The number of nitrogens with two attached hydrogens (primary N) is 1. The number of nitrogen functional groups attached to an aromatic ring is 1. The van der Waals surface area contributed by atoms with Gasteiger partial charge in [0, 0.05) is 7.05 Å². The summed E-state index contributed by atoms with van der Waals surface area (Å²) in [7, 11) is 1.87. The second kappa shape index (κ2) is 2.06. The number of hydrogen-bond donors (Lipinski definition) is 2. The van der Waals surface area contributed by atoms with Crippen LogP contribution < -0.4 is 11.3 Å². The van der Waals surface area contributed by atoms with Gasteiger partial charge >= 0.3 is 0 Å². The maximum Gasteiger partial charge on any atom is 0.0898 e. The minimum atomic E-state index is 0.873. The fourth-order valence-electron chi connectivity index (χ4n) is 0.640. The smallest absolute Gasteiger partial charge is 0.0898 e. The Morgan fingerprint density at radius 3 is 2.67 bits per heavy atom. The van der Waals surface area contributed by atoms with Crippen LogP contribution in [0.4, 0.5) is 5.69 Å². The number of nitrogens with one attached hydrogen (secondary N) is 1. The van der Waals surface area contributed by atoms with Gasteiger partial charge in [-0.15, -0.1) is 0 Å². The lowest BCUT2D eigenvalue weighted by Gasteiger charge is -1.95. The van der Waals surface area contributed by atoms with Crippen molar-refractivity contribution >= 4 is 5.69 Å². The quantitative estimate of drug-likeness (QED) is 0.412. The Balaban J connectivity index is 3.04. The monoisotopic (exact) mass is 126 g/mol. The van der Waals surface area contributed by atoms with E-state index in [1.54, 1.807) is 10.9 Å². The molecule has 1 aromatic rings. The van der Waals surface area contributed by atoms with Crippen molar-refractivity contribution < 1.29 is 0 Å². The predicted molar refractivity (Wildman–Crippen MR) is 35.8 cm³/mol. The van der Waals surface area contributed by atoms with Gasteiger partial charge in [-0.05, 0) is 6.92 Å². The second-order valence-electron chi connectivity index (χ2n) is 1.91. The summed E-state index contributed by atoms with van der Waals surface area (Å²) in [5.41, 5.74) is 4.44. The zero-order valence-electron chi connectivity index (χ0n) is 5.55. The minimum Gasteiger partial charge on any atom is -0.321 e. The molecule has 0 aliphatic heterocycles. The third-order valence-corrected chi connectivity index (χ3v) is 1.39. The van der Waals surface area contributed by atoms with Gasteiger partial charge in [0.05, 0.1) is 17.6 Å². The first-order valence-corrected chi connectivity index (χ1v) is 2.71. The third-order valence-electron chi connectivity index (χ3n) is 1.39. The highest BCUT2D eigenvalue weighted by atomic mass is 15.3. The Kier molecular flexibility index (Phi) is 1.40. The van der Waals surface area contributed by atoms with Crippen LogP contribution in [0.3, 0.4) is 0 Å². The van der Waals surface area contributed by atoms with Gasteiger partial charge in [0.1, 0.15) is 0 Å². The number of hydrogen-bond acceptors (Lipinski definition) is 3. The summed E-state index contributed by atoms with van der Waals surface area (Å²) in [5, 5.41) is 3.96. The lowest BCUT2D eigenvalue weighted by molar-refractivity contribution is 0.740. The largest absolute Gasteiger partial charge is 0.321 e. The summed E-state index contributed by atoms with van der Waals surface area (Å²) >= 11 is 0. The van der Waals surface area contributed by atoms with E-state index in [2.05, 4.69) is 10.5 Å². The summed E-state index contributed by atoms with van der Waals surface area (Å²) in [6, 6.07) is 0. The molecule has 4 heteroatoms. The van der Waals surface area contributed by atoms with Crippen LogP contribution in [0.2, 0.25) is 0 Å². The van der Waals surface area contributed by atoms with Crippen molar-refractivity contribution in [2.24, 2.45) is 12.9 Å².